The SMILES string of the molecule is O=C(Cn1c(-c2ccc(Cl)cc2)nc2cccnc21)N1CCN(c2cccc(C(F)(F)F)c2)CC1. The van der Waals surface area contributed by atoms with Crippen LogP contribution in [0.5, 0.6) is 0 Å². The van der Waals surface area contributed by atoms with Crippen LogP contribution in [0.1, 0.15) is 5.56 Å². The summed E-state index contributed by atoms with van der Waals surface area (Å²) in [5.41, 5.74) is 1.92. The molecule has 4 aromatic rings. The molecule has 180 valence electrons. The maximum atomic E-state index is 13.2. The molecule has 1 aliphatic heterocycles. The Morgan fingerprint density at radius 2 is 1.71 bits per heavy atom. The van der Waals surface area contributed by atoms with Gasteiger partial charge < -0.3 is 9.80 Å². The molecule has 1 amide bonds. The third-order valence-corrected chi connectivity index (χ3v) is 6.32. The molecule has 3 heterocycles. The van der Waals surface area contributed by atoms with Gasteiger partial charge in [-0.15, -0.1) is 0 Å². The number of amides is 1. The maximum Gasteiger partial charge on any atom is 0.416 e. The van der Waals surface area contributed by atoms with E-state index in [-0.39, 0.29) is 12.5 Å². The summed E-state index contributed by atoms with van der Waals surface area (Å²) in [5.74, 6) is 0.514. The number of fused-ring (bicyclic) bond motifs is 1. The number of aromatic nitrogens is 3. The van der Waals surface area contributed by atoms with Gasteiger partial charge in [-0.25, -0.2) is 9.97 Å². The second-order valence-electron chi connectivity index (χ2n) is 8.29. The number of benzene rings is 2. The van der Waals surface area contributed by atoms with Crippen LogP contribution in [0.3, 0.4) is 0 Å². The van der Waals surface area contributed by atoms with Crippen molar-refractivity contribution in [3.05, 3.63) is 77.4 Å². The first-order valence-electron chi connectivity index (χ1n) is 11.1. The molecule has 0 unspecified atom stereocenters. The lowest BCUT2D eigenvalue weighted by atomic mass is 10.1. The highest BCUT2D eigenvalue weighted by molar-refractivity contribution is 6.30. The molecule has 10 heteroatoms. The lowest BCUT2D eigenvalue weighted by Gasteiger charge is -2.36. The summed E-state index contributed by atoms with van der Waals surface area (Å²) in [6, 6.07) is 16.1. The summed E-state index contributed by atoms with van der Waals surface area (Å²) in [6.07, 6.45) is -2.73. The van der Waals surface area contributed by atoms with E-state index in [1.54, 1.807) is 39.9 Å². The second kappa shape index (κ2) is 9.22. The zero-order valence-corrected chi connectivity index (χ0v) is 19.3. The van der Waals surface area contributed by atoms with Crippen LogP contribution in [0.15, 0.2) is 66.9 Å². The number of nitrogens with zero attached hydrogens (tertiary/aromatic N) is 5. The number of hydrogen-bond donors (Lipinski definition) is 0. The van der Waals surface area contributed by atoms with Crippen LogP contribution in [-0.2, 0) is 17.5 Å². The maximum absolute atomic E-state index is 13.2. The standard InChI is InChI=1S/C25H21ClF3N5O/c26-19-8-6-17(7-9-19)23-31-21-5-2-10-30-24(21)34(23)16-22(35)33-13-11-32(12-14-33)20-4-1-3-18(15-20)25(27,28)29/h1-10,15H,11-14,16H2. The van der Waals surface area contributed by atoms with E-state index < -0.39 is 11.7 Å². The molecule has 2 aromatic carbocycles. The first-order chi connectivity index (χ1) is 16.8. The van der Waals surface area contributed by atoms with Gasteiger partial charge in [-0.05, 0) is 54.6 Å². The van der Waals surface area contributed by atoms with E-state index in [0.717, 1.165) is 17.7 Å². The van der Waals surface area contributed by atoms with Gasteiger partial charge in [-0.2, -0.15) is 13.2 Å². The largest absolute Gasteiger partial charge is 0.416 e. The van der Waals surface area contributed by atoms with E-state index in [4.69, 9.17) is 11.6 Å². The Morgan fingerprint density at radius 1 is 0.971 bits per heavy atom. The molecule has 0 radical (unpaired) electrons. The summed E-state index contributed by atoms with van der Waals surface area (Å²) in [5, 5.41) is 0.601. The van der Waals surface area contributed by atoms with Crippen molar-refractivity contribution in [1.82, 2.24) is 19.4 Å². The Hall–Kier alpha value is -3.59. The minimum atomic E-state index is -4.39. The van der Waals surface area contributed by atoms with Gasteiger partial charge in [0, 0.05) is 48.6 Å². The predicted octanol–water partition coefficient (Wildman–Crippen LogP) is 5.12. The molecule has 1 saturated heterocycles. The molecular formula is C25H21ClF3N5O. The van der Waals surface area contributed by atoms with Gasteiger partial charge >= 0.3 is 6.18 Å². The van der Waals surface area contributed by atoms with Crippen LogP contribution in [0, 0.1) is 0 Å². The zero-order chi connectivity index (χ0) is 24.6. The van der Waals surface area contributed by atoms with Crippen LogP contribution in [0.25, 0.3) is 22.6 Å². The Bertz CT molecular complexity index is 1360. The molecule has 0 aliphatic carbocycles. The number of carbonyl (C=O) groups is 1. The van der Waals surface area contributed by atoms with E-state index in [1.807, 2.05) is 23.1 Å². The minimum absolute atomic E-state index is 0.0506. The Balaban J connectivity index is 1.33. The highest BCUT2D eigenvalue weighted by Gasteiger charge is 2.31. The third kappa shape index (κ3) is 4.81. The average Bonchev–Trinajstić information content (AvgIpc) is 3.22. The van der Waals surface area contributed by atoms with E-state index in [2.05, 4.69) is 9.97 Å². The van der Waals surface area contributed by atoms with Crippen LogP contribution < -0.4 is 4.90 Å². The number of alkyl halides is 3. The fourth-order valence-electron chi connectivity index (χ4n) is 4.26. The zero-order valence-electron chi connectivity index (χ0n) is 18.5. The highest BCUT2D eigenvalue weighted by Crippen LogP contribution is 2.32. The van der Waals surface area contributed by atoms with Crippen molar-refractivity contribution in [2.75, 3.05) is 31.1 Å². The Morgan fingerprint density at radius 3 is 2.43 bits per heavy atom. The Labute approximate surface area is 204 Å². The van der Waals surface area contributed by atoms with E-state index in [1.165, 1.54) is 6.07 Å². The van der Waals surface area contributed by atoms with Crippen molar-refractivity contribution in [3.63, 3.8) is 0 Å². The molecule has 0 spiro atoms. The van der Waals surface area contributed by atoms with Gasteiger partial charge in [-0.1, -0.05) is 17.7 Å². The van der Waals surface area contributed by atoms with Gasteiger partial charge in [0.1, 0.15) is 17.9 Å². The normalized spacial score (nSPS) is 14.5. The number of imidazole rings is 1. The number of hydrogen-bond acceptors (Lipinski definition) is 4. The first-order valence-corrected chi connectivity index (χ1v) is 11.4. The minimum Gasteiger partial charge on any atom is -0.368 e. The topological polar surface area (TPSA) is 54.3 Å². The van der Waals surface area contributed by atoms with Crippen molar-refractivity contribution in [1.29, 1.82) is 0 Å². The summed E-state index contributed by atoms with van der Waals surface area (Å²) >= 11 is 6.03. The lowest BCUT2D eigenvalue weighted by Crippen LogP contribution is -2.49. The van der Waals surface area contributed by atoms with Crippen LogP contribution in [0.4, 0.5) is 18.9 Å². The van der Waals surface area contributed by atoms with Crippen LogP contribution >= 0.6 is 11.6 Å². The van der Waals surface area contributed by atoms with E-state index >= 15 is 0 Å². The quantitative estimate of drug-likeness (QED) is 0.391. The molecule has 35 heavy (non-hydrogen) atoms. The second-order valence-corrected chi connectivity index (χ2v) is 8.73. The number of pyridine rings is 1. The monoisotopic (exact) mass is 499 g/mol. The van der Waals surface area contributed by atoms with Gasteiger partial charge in [0.25, 0.3) is 0 Å². The molecule has 1 fully saturated rings. The van der Waals surface area contributed by atoms with E-state index in [0.29, 0.717) is 53.9 Å². The van der Waals surface area contributed by atoms with Crippen molar-refractivity contribution in [3.8, 4) is 11.4 Å². The molecule has 5 rings (SSSR count). The third-order valence-electron chi connectivity index (χ3n) is 6.07. The van der Waals surface area contributed by atoms with Crippen molar-refractivity contribution in [2.45, 2.75) is 12.7 Å². The summed E-state index contributed by atoms with van der Waals surface area (Å²) in [4.78, 5) is 25.9. The average molecular weight is 500 g/mol. The van der Waals surface area contributed by atoms with Gasteiger partial charge in [0.2, 0.25) is 5.91 Å². The molecule has 1 aliphatic rings. The Kier molecular flexibility index (Phi) is 6.10. The first kappa shape index (κ1) is 23.2. The number of piperazine rings is 1. The van der Waals surface area contributed by atoms with Gasteiger partial charge in [0.05, 0.1) is 5.56 Å². The van der Waals surface area contributed by atoms with Gasteiger partial charge in [0.15, 0.2) is 5.65 Å². The van der Waals surface area contributed by atoms with Crippen molar-refractivity contribution >= 4 is 34.4 Å². The molecular weight excluding hydrogens is 479 g/mol. The fraction of sp³-hybridized carbons (Fsp3) is 0.240. The molecule has 0 atom stereocenters. The number of rotatable bonds is 4. The molecule has 0 N–H and O–H groups in total. The fourth-order valence-corrected chi connectivity index (χ4v) is 4.38. The van der Waals surface area contributed by atoms with Crippen molar-refractivity contribution < 1.29 is 18.0 Å². The lowest BCUT2D eigenvalue weighted by molar-refractivity contribution is -0.137. The molecule has 0 saturated carbocycles. The molecule has 2 aromatic heterocycles. The summed E-state index contributed by atoms with van der Waals surface area (Å²) < 4.78 is 41.0. The number of halogens is 4. The highest BCUT2D eigenvalue weighted by atomic mass is 35.5. The van der Waals surface area contributed by atoms with Crippen molar-refractivity contribution in [2.24, 2.45) is 0 Å². The molecule has 0 bridgehead atoms. The van der Waals surface area contributed by atoms with Gasteiger partial charge in [-0.3, -0.25) is 9.36 Å². The number of carbonyl (C=O) groups excluding carboxylic acids is 1. The van der Waals surface area contributed by atoms with Crippen LogP contribution in [-0.4, -0.2) is 51.5 Å². The molecule has 6 nitrogen and oxygen atoms in total. The smallest absolute Gasteiger partial charge is 0.368 e. The summed E-state index contributed by atoms with van der Waals surface area (Å²) in [6.45, 7) is 1.76. The summed E-state index contributed by atoms with van der Waals surface area (Å²) in [7, 11) is 0. The predicted molar refractivity (Wildman–Crippen MR) is 128 cm³/mol. The number of anilines is 1. The van der Waals surface area contributed by atoms with Crippen LogP contribution in [0.2, 0.25) is 5.02 Å². The van der Waals surface area contributed by atoms with E-state index in [9.17, 15) is 18.0 Å².